The number of fused-ring (bicyclic) bond motifs is 1. The molecule has 0 spiro atoms. The van der Waals surface area contributed by atoms with E-state index in [0.29, 0.717) is 22.9 Å². The molecular formula is C16H14BrClO3. The van der Waals surface area contributed by atoms with Gasteiger partial charge in [0.2, 0.25) is 0 Å². The van der Waals surface area contributed by atoms with Gasteiger partial charge in [0, 0.05) is 33.1 Å². The molecule has 110 valence electrons. The van der Waals surface area contributed by atoms with Gasteiger partial charge < -0.3 is 14.6 Å². The van der Waals surface area contributed by atoms with Crippen LogP contribution in [0.1, 0.15) is 29.8 Å². The van der Waals surface area contributed by atoms with Crippen molar-refractivity contribution >= 4 is 27.5 Å². The highest BCUT2D eigenvalue weighted by molar-refractivity contribution is 9.10. The van der Waals surface area contributed by atoms with Crippen molar-refractivity contribution in [1.82, 2.24) is 0 Å². The first kappa shape index (κ1) is 14.7. The number of hydrogen-bond acceptors (Lipinski definition) is 3. The topological polar surface area (TPSA) is 38.7 Å². The number of aliphatic hydroxyl groups is 1. The predicted octanol–water partition coefficient (Wildman–Crippen LogP) is 4.67. The Morgan fingerprint density at radius 3 is 2.81 bits per heavy atom. The molecule has 2 aromatic carbocycles. The molecule has 0 aliphatic carbocycles. The molecular weight excluding hydrogens is 356 g/mol. The van der Waals surface area contributed by atoms with Crippen molar-refractivity contribution in [2.45, 2.75) is 18.6 Å². The summed E-state index contributed by atoms with van der Waals surface area (Å²) in [4.78, 5) is 0. The van der Waals surface area contributed by atoms with Crippen LogP contribution in [-0.4, -0.2) is 12.2 Å². The third-order valence-electron chi connectivity index (χ3n) is 3.59. The number of halogens is 2. The van der Waals surface area contributed by atoms with Gasteiger partial charge in [-0.1, -0.05) is 27.5 Å². The highest BCUT2D eigenvalue weighted by atomic mass is 79.9. The van der Waals surface area contributed by atoms with Crippen LogP contribution in [0.25, 0.3) is 0 Å². The number of aliphatic hydroxyl groups excluding tert-OH is 1. The minimum Gasteiger partial charge on any atom is -0.497 e. The van der Waals surface area contributed by atoms with E-state index in [1.807, 2.05) is 30.3 Å². The van der Waals surface area contributed by atoms with Gasteiger partial charge in [-0.2, -0.15) is 0 Å². The smallest absolute Gasteiger partial charge is 0.129 e. The highest BCUT2D eigenvalue weighted by Gasteiger charge is 2.29. The summed E-state index contributed by atoms with van der Waals surface area (Å²) >= 11 is 9.69. The molecule has 0 bridgehead atoms. The number of methoxy groups -OCH3 is 1. The van der Waals surface area contributed by atoms with Crippen LogP contribution >= 0.6 is 27.5 Å². The monoisotopic (exact) mass is 368 g/mol. The van der Waals surface area contributed by atoms with Gasteiger partial charge in [0.25, 0.3) is 0 Å². The van der Waals surface area contributed by atoms with Crippen molar-refractivity contribution in [3.8, 4) is 11.5 Å². The average Bonchev–Trinajstić information content (AvgIpc) is 2.49. The number of ether oxygens (including phenoxy) is 2. The van der Waals surface area contributed by atoms with Crippen LogP contribution in [-0.2, 0) is 0 Å². The quantitative estimate of drug-likeness (QED) is 0.836. The Morgan fingerprint density at radius 1 is 1.24 bits per heavy atom. The number of rotatable bonds is 2. The van der Waals surface area contributed by atoms with E-state index < -0.39 is 6.10 Å². The molecule has 0 radical (unpaired) electrons. The third kappa shape index (κ3) is 2.89. The maximum absolute atomic E-state index is 10.3. The zero-order chi connectivity index (χ0) is 15.0. The summed E-state index contributed by atoms with van der Waals surface area (Å²) < 4.78 is 12.2. The first-order valence-electron chi connectivity index (χ1n) is 6.56. The fourth-order valence-corrected chi connectivity index (χ4v) is 3.12. The number of hydrogen-bond donors (Lipinski definition) is 1. The molecule has 3 rings (SSSR count). The van der Waals surface area contributed by atoms with Crippen LogP contribution < -0.4 is 9.47 Å². The molecule has 21 heavy (non-hydrogen) atoms. The third-order valence-corrected chi connectivity index (χ3v) is 4.43. The molecule has 1 aliphatic heterocycles. The summed E-state index contributed by atoms with van der Waals surface area (Å²) in [7, 11) is 1.60. The molecule has 2 atom stereocenters. The molecule has 2 aromatic rings. The van der Waals surface area contributed by atoms with Crippen molar-refractivity contribution in [3.05, 3.63) is 57.0 Å². The normalized spacial score (nSPS) is 20.6. The van der Waals surface area contributed by atoms with Crippen LogP contribution in [0.15, 0.2) is 40.9 Å². The van der Waals surface area contributed by atoms with Crippen molar-refractivity contribution < 1.29 is 14.6 Å². The summed E-state index contributed by atoms with van der Waals surface area (Å²) in [5.74, 6) is 1.33. The highest BCUT2D eigenvalue weighted by Crippen LogP contribution is 2.44. The van der Waals surface area contributed by atoms with Crippen molar-refractivity contribution in [1.29, 1.82) is 0 Å². The van der Waals surface area contributed by atoms with E-state index in [1.165, 1.54) is 0 Å². The Hall–Kier alpha value is -1.23. The summed E-state index contributed by atoms with van der Waals surface area (Å²) in [6, 6.07) is 11.1. The zero-order valence-electron chi connectivity index (χ0n) is 11.3. The lowest BCUT2D eigenvalue weighted by molar-refractivity contribution is 0.0655. The molecule has 1 heterocycles. The second kappa shape index (κ2) is 5.87. The van der Waals surface area contributed by atoms with Crippen LogP contribution in [0.4, 0.5) is 0 Å². The minimum atomic E-state index is -0.584. The molecule has 0 saturated heterocycles. The second-order valence-electron chi connectivity index (χ2n) is 4.93. The maximum Gasteiger partial charge on any atom is 0.129 e. The van der Waals surface area contributed by atoms with Crippen molar-refractivity contribution in [3.63, 3.8) is 0 Å². The Labute approximate surface area is 136 Å². The molecule has 0 saturated carbocycles. The van der Waals surface area contributed by atoms with Gasteiger partial charge in [-0.3, -0.25) is 0 Å². The molecule has 0 amide bonds. The fraction of sp³-hybridized carbons (Fsp3) is 0.250. The van der Waals surface area contributed by atoms with Gasteiger partial charge in [-0.25, -0.2) is 0 Å². The summed E-state index contributed by atoms with van der Waals surface area (Å²) in [6.45, 7) is 0. The van der Waals surface area contributed by atoms with E-state index >= 15 is 0 Å². The average molecular weight is 370 g/mol. The van der Waals surface area contributed by atoms with Crippen molar-refractivity contribution in [2.24, 2.45) is 0 Å². The van der Waals surface area contributed by atoms with E-state index in [4.69, 9.17) is 21.1 Å². The van der Waals surface area contributed by atoms with E-state index in [9.17, 15) is 5.11 Å². The maximum atomic E-state index is 10.3. The lowest BCUT2D eigenvalue weighted by Crippen LogP contribution is -2.19. The van der Waals surface area contributed by atoms with Gasteiger partial charge >= 0.3 is 0 Å². The fourth-order valence-electron chi connectivity index (χ4n) is 2.50. The second-order valence-corrected chi connectivity index (χ2v) is 6.25. The van der Waals surface area contributed by atoms with E-state index in [-0.39, 0.29) is 6.10 Å². The lowest BCUT2D eigenvalue weighted by Gasteiger charge is -2.30. The largest absolute Gasteiger partial charge is 0.497 e. The van der Waals surface area contributed by atoms with Gasteiger partial charge in [-0.15, -0.1) is 0 Å². The van der Waals surface area contributed by atoms with E-state index in [1.54, 1.807) is 13.2 Å². The van der Waals surface area contributed by atoms with Gasteiger partial charge in [-0.05, 0) is 30.3 Å². The first-order chi connectivity index (χ1) is 10.1. The van der Waals surface area contributed by atoms with Gasteiger partial charge in [0.1, 0.15) is 17.6 Å². The standard InChI is InChI=1S/C16H14BrClO3/c1-20-10-3-4-11-14(19)8-16(21-15(11)7-10)12-6-9(17)2-5-13(12)18/h2-7,14,16,19H,8H2,1H3. The Bertz CT molecular complexity index is 675. The Balaban J connectivity index is 1.98. The summed E-state index contributed by atoms with van der Waals surface area (Å²) in [5, 5.41) is 11.0. The van der Waals surface area contributed by atoms with Crippen molar-refractivity contribution in [2.75, 3.05) is 7.11 Å². The SMILES string of the molecule is COc1ccc2c(c1)OC(c1cc(Br)ccc1Cl)CC2O. The number of benzene rings is 2. The molecule has 3 nitrogen and oxygen atoms in total. The first-order valence-corrected chi connectivity index (χ1v) is 7.73. The molecule has 5 heteroatoms. The van der Waals surface area contributed by atoms with Crippen LogP contribution in [0.2, 0.25) is 5.02 Å². The minimum absolute atomic E-state index is 0.287. The molecule has 2 unspecified atom stereocenters. The lowest BCUT2D eigenvalue weighted by atomic mass is 9.95. The predicted molar refractivity (Wildman–Crippen MR) is 85.1 cm³/mol. The Morgan fingerprint density at radius 2 is 2.05 bits per heavy atom. The van der Waals surface area contributed by atoms with E-state index in [2.05, 4.69) is 15.9 Å². The molecule has 1 N–H and O–H groups in total. The molecule has 0 fully saturated rings. The van der Waals surface area contributed by atoms with Gasteiger partial charge in [0.15, 0.2) is 0 Å². The van der Waals surface area contributed by atoms with E-state index in [0.717, 1.165) is 15.6 Å². The summed E-state index contributed by atoms with van der Waals surface area (Å²) in [5.41, 5.74) is 1.64. The Kier molecular flexibility index (Phi) is 4.11. The van der Waals surface area contributed by atoms with Crippen LogP contribution in [0.3, 0.4) is 0 Å². The van der Waals surface area contributed by atoms with Crippen LogP contribution in [0, 0.1) is 0 Å². The zero-order valence-corrected chi connectivity index (χ0v) is 13.7. The molecule has 0 aromatic heterocycles. The summed E-state index contributed by atoms with van der Waals surface area (Å²) in [6.07, 6.45) is -0.403. The molecule has 1 aliphatic rings. The van der Waals surface area contributed by atoms with Gasteiger partial charge in [0.05, 0.1) is 13.2 Å². The van der Waals surface area contributed by atoms with Crippen LogP contribution in [0.5, 0.6) is 11.5 Å².